The van der Waals surface area contributed by atoms with Gasteiger partial charge in [-0.1, -0.05) is 34.1 Å². The molecule has 1 aromatic heterocycles. The van der Waals surface area contributed by atoms with Crippen LogP contribution < -0.4 is 10.6 Å². The van der Waals surface area contributed by atoms with Gasteiger partial charge < -0.3 is 19.8 Å². The monoisotopic (exact) mass is 364 g/mol. The lowest BCUT2D eigenvalue weighted by atomic mass is 9.83. The highest BCUT2D eigenvalue weighted by molar-refractivity contribution is 5.98. The van der Waals surface area contributed by atoms with E-state index in [4.69, 9.17) is 9.15 Å². The summed E-state index contributed by atoms with van der Waals surface area (Å²) in [6.07, 6.45) is 4.34. The predicted molar refractivity (Wildman–Crippen MR) is 95.6 cm³/mol. The fourth-order valence-corrected chi connectivity index (χ4v) is 2.90. The van der Waals surface area contributed by atoms with E-state index in [1.54, 1.807) is 0 Å². The van der Waals surface area contributed by atoms with E-state index >= 15 is 0 Å². The zero-order valence-corrected chi connectivity index (χ0v) is 15.8. The van der Waals surface area contributed by atoms with Gasteiger partial charge in [0.1, 0.15) is 25.0 Å². The van der Waals surface area contributed by atoms with Gasteiger partial charge >= 0.3 is 0 Å². The van der Waals surface area contributed by atoms with Crippen LogP contribution in [0.2, 0.25) is 0 Å². The third-order valence-electron chi connectivity index (χ3n) is 4.98. The van der Waals surface area contributed by atoms with E-state index in [1.165, 1.54) is 18.6 Å². The molecule has 0 aromatic carbocycles. The van der Waals surface area contributed by atoms with Crippen molar-refractivity contribution in [3.05, 3.63) is 24.2 Å². The molecule has 0 radical (unpaired) electrons. The largest absolute Gasteiger partial charge is 0.472 e. The number of carbonyl (C=O) groups excluding carboxylic acids is 3. The third kappa shape index (κ3) is 4.94. The standard InChI is InChI=1S/C19H28N2O5/c1-5-15-16(14(22)11-26-15)21-18(24)13(9-19(3,4)6-2)20-17(23)12-7-8-25-10-12/h7-8,10,13,15-16H,5-6,9,11H2,1-4H3,(H,20,23)(H,21,24)/t13-,15?,16?/m0/s1. The van der Waals surface area contributed by atoms with E-state index in [2.05, 4.69) is 10.6 Å². The predicted octanol–water partition coefficient (Wildman–Crippen LogP) is 2.07. The van der Waals surface area contributed by atoms with Gasteiger partial charge in [-0.3, -0.25) is 14.4 Å². The van der Waals surface area contributed by atoms with Crippen LogP contribution in [0.5, 0.6) is 0 Å². The van der Waals surface area contributed by atoms with E-state index in [0.29, 0.717) is 18.4 Å². The number of hydrogen-bond donors (Lipinski definition) is 2. The van der Waals surface area contributed by atoms with Gasteiger partial charge in [-0.05, 0) is 24.3 Å². The van der Waals surface area contributed by atoms with Gasteiger partial charge in [0.15, 0.2) is 5.78 Å². The molecule has 1 aromatic rings. The molecule has 7 heteroatoms. The van der Waals surface area contributed by atoms with Gasteiger partial charge in [0.2, 0.25) is 5.91 Å². The van der Waals surface area contributed by atoms with Crippen LogP contribution in [0.1, 0.15) is 57.3 Å². The normalized spacial score (nSPS) is 21.5. The number of amides is 2. The Morgan fingerprint density at radius 1 is 1.35 bits per heavy atom. The van der Waals surface area contributed by atoms with Crippen molar-refractivity contribution in [3.8, 4) is 0 Å². The van der Waals surface area contributed by atoms with Crippen molar-refractivity contribution in [2.45, 2.75) is 65.1 Å². The zero-order valence-electron chi connectivity index (χ0n) is 15.8. The minimum absolute atomic E-state index is 0.00987. The first kappa shape index (κ1) is 20.2. The summed E-state index contributed by atoms with van der Waals surface area (Å²) >= 11 is 0. The fraction of sp³-hybridized carbons (Fsp3) is 0.632. The lowest BCUT2D eigenvalue weighted by Crippen LogP contribution is -2.54. The fourth-order valence-electron chi connectivity index (χ4n) is 2.90. The number of hydrogen-bond acceptors (Lipinski definition) is 5. The summed E-state index contributed by atoms with van der Waals surface area (Å²) in [6, 6.07) is 0.125. The quantitative estimate of drug-likeness (QED) is 0.736. The second-order valence-corrected chi connectivity index (χ2v) is 7.47. The SMILES string of the molecule is CCC1OCC(=O)C1NC(=O)[C@H](CC(C)(C)CC)NC(=O)c1ccoc1. The van der Waals surface area contributed by atoms with Crippen molar-refractivity contribution in [1.82, 2.24) is 10.6 Å². The number of rotatable bonds is 8. The van der Waals surface area contributed by atoms with Crippen molar-refractivity contribution >= 4 is 17.6 Å². The van der Waals surface area contributed by atoms with Crippen LogP contribution in [0.25, 0.3) is 0 Å². The highest BCUT2D eigenvalue weighted by Crippen LogP contribution is 2.26. The molecule has 0 aliphatic carbocycles. The number of carbonyl (C=O) groups is 3. The maximum Gasteiger partial charge on any atom is 0.255 e. The molecule has 7 nitrogen and oxygen atoms in total. The number of ketones is 1. The van der Waals surface area contributed by atoms with Crippen LogP contribution in [0.3, 0.4) is 0 Å². The number of nitrogens with one attached hydrogen (secondary N) is 2. The van der Waals surface area contributed by atoms with Crippen molar-refractivity contribution in [2.75, 3.05) is 6.61 Å². The van der Waals surface area contributed by atoms with Crippen molar-refractivity contribution in [1.29, 1.82) is 0 Å². The van der Waals surface area contributed by atoms with E-state index in [1.807, 2.05) is 27.7 Å². The molecule has 1 fully saturated rings. The van der Waals surface area contributed by atoms with E-state index < -0.39 is 12.1 Å². The average Bonchev–Trinajstić information content (AvgIpc) is 3.25. The Morgan fingerprint density at radius 2 is 2.08 bits per heavy atom. The van der Waals surface area contributed by atoms with Crippen LogP contribution in [-0.4, -0.2) is 42.4 Å². The minimum atomic E-state index is -0.752. The Kier molecular flexibility index (Phi) is 6.58. The molecule has 144 valence electrons. The second kappa shape index (κ2) is 8.49. The smallest absolute Gasteiger partial charge is 0.255 e. The number of furan rings is 1. The van der Waals surface area contributed by atoms with Crippen LogP contribution in [0.4, 0.5) is 0 Å². The van der Waals surface area contributed by atoms with Crippen molar-refractivity contribution < 1.29 is 23.5 Å². The van der Waals surface area contributed by atoms with Crippen LogP contribution in [-0.2, 0) is 14.3 Å². The molecule has 0 bridgehead atoms. The number of Topliss-reactive ketones (excluding diaryl/α,β-unsaturated/α-hetero) is 1. The first-order valence-corrected chi connectivity index (χ1v) is 9.05. The molecule has 0 spiro atoms. The average molecular weight is 364 g/mol. The Bertz CT molecular complexity index is 638. The molecule has 0 saturated carbocycles. The van der Waals surface area contributed by atoms with Crippen LogP contribution in [0, 0.1) is 5.41 Å². The molecular weight excluding hydrogens is 336 g/mol. The summed E-state index contributed by atoms with van der Waals surface area (Å²) in [4.78, 5) is 37.2. The Balaban J connectivity index is 2.12. The third-order valence-corrected chi connectivity index (χ3v) is 4.98. The van der Waals surface area contributed by atoms with Gasteiger partial charge in [0.05, 0.1) is 17.9 Å². The molecule has 2 unspecified atom stereocenters. The lowest BCUT2D eigenvalue weighted by molar-refractivity contribution is -0.128. The summed E-state index contributed by atoms with van der Waals surface area (Å²) in [6.45, 7) is 8.02. The molecule has 3 atom stereocenters. The van der Waals surface area contributed by atoms with Crippen molar-refractivity contribution in [2.24, 2.45) is 5.41 Å². The molecule has 1 saturated heterocycles. The first-order chi connectivity index (χ1) is 12.3. The highest BCUT2D eigenvalue weighted by Gasteiger charge is 2.38. The van der Waals surface area contributed by atoms with Gasteiger partial charge in [-0.2, -0.15) is 0 Å². The van der Waals surface area contributed by atoms with Gasteiger partial charge in [-0.15, -0.1) is 0 Å². The number of ether oxygens (including phenoxy) is 1. The molecule has 26 heavy (non-hydrogen) atoms. The van der Waals surface area contributed by atoms with Crippen molar-refractivity contribution in [3.63, 3.8) is 0 Å². The Labute approximate surface area is 153 Å². The lowest BCUT2D eigenvalue weighted by Gasteiger charge is -2.29. The Hall–Kier alpha value is -2.15. The molecule has 2 N–H and O–H groups in total. The topological polar surface area (TPSA) is 97.6 Å². The highest BCUT2D eigenvalue weighted by atomic mass is 16.5. The van der Waals surface area contributed by atoms with E-state index in [-0.39, 0.29) is 35.7 Å². The molecule has 1 aliphatic rings. The Morgan fingerprint density at radius 3 is 2.65 bits per heavy atom. The molecule has 2 amide bonds. The van der Waals surface area contributed by atoms with E-state index in [0.717, 1.165) is 6.42 Å². The maximum atomic E-state index is 12.8. The summed E-state index contributed by atoms with van der Waals surface area (Å²) in [5.41, 5.74) is 0.204. The van der Waals surface area contributed by atoms with Gasteiger partial charge in [0.25, 0.3) is 5.91 Å². The molecule has 2 heterocycles. The summed E-state index contributed by atoms with van der Waals surface area (Å²) in [5.74, 6) is -0.891. The maximum absolute atomic E-state index is 12.8. The minimum Gasteiger partial charge on any atom is -0.472 e. The van der Waals surface area contributed by atoms with Gasteiger partial charge in [-0.25, -0.2) is 0 Å². The molecule has 1 aliphatic heterocycles. The summed E-state index contributed by atoms with van der Waals surface area (Å²) in [5, 5.41) is 5.54. The first-order valence-electron chi connectivity index (χ1n) is 9.05. The van der Waals surface area contributed by atoms with Gasteiger partial charge in [0, 0.05) is 0 Å². The molecule has 2 rings (SSSR count). The van der Waals surface area contributed by atoms with E-state index in [9.17, 15) is 14.4 Å². The summed E-state index contributed by atoms with van der Waals surface area (Å²) < 4.78 is 10.3. The van der Waals surface area contributed by atoms with Crippen LogP contribution in [0.15, 0.2) is 23.0 Å². The zero-order chi connectivity index (χ0) is 19.3. The van der Waals surface area contributed by atoms with Crippen LogP contribution >= 0.6 is 0 Å². The second-order valence-electron chi connectivity index (χ2n) is 7.47. The molecular formula is C19H28N2O5. The summed E-state index contributed by atoms with van der Waals surface area (Å²) in [7, 11) is 0.